The van der Waals surface area contributed by atoms with Gasteiger partial charge in [0.15, 0.2) is 0 Å². The Bertz CT molecular complexity index is 338. The van der Waals surface area contributed by atoms with Crippen molar-refractivity contribution >= 4 is 11.4 Å². The first-order valence-corrected chi connectivity index (χ1v) is 4.40. The molecule has 3 nitrogen and oxygen atoms in total. The van der Waals surface area contributed by atoms with Gasteiger partial charge in [-0.25, -0.2) is 0 Å². The third kappa shape index (κ3) is 0.963. The van der Waals surface area contributed by atoms with Crippen LogP contribution in [0.5, 0.6) is 5.75 Å². The first-order chi connectivity index (χ1) is 6.13. The van der Waals surface area contributed by atoms with Crippen molar-refractivity contribution in [3.63, 3.8) is 0 Å². The number of benzene rings is 1. The van der Waals surface area contributed by atoms with Gasteiger partial charge in [-0.05, 0) is 19.1 Å². The fourth-order valence-corrected chi connectivity index (χ4v) is 1.81. The van der Waals surface area contributed by atoms with Gasteiger partial charge >= 0.3 is 0 Å². The summed E-state index contributed by atoms with van der Waals surface area (Å²) in [6.07, 6.45) is 0.309. The van der Waals surface area contributed by atoms with E-state index in [1.807, 2.05) is 26.2 Å². The van der Waals surface area contributed by atoms with Gasteiger partial charge in [0.25, 0.3) is 0 Å². The predicted molar refractivity (Wildman–Crippen MR) is 54.4 cm³/mol. The molecule has 1 N–H and O–H groups in total. The summed E-state index contributed by atoms with van der Waals surface area (Å²) >= 11 is 0. The first kappa shape index (κ1) is 8.23. The molecule has 0 saturated heterocycles. The summed E-state index contributed by atoms with van der Waals surface area (Å²) in [4.78, 5) is 4.22. The van der Waals surface area contributed by atoms with E-state index in [1.54, 1.807) is 6.07 Å². The monoisotopic (exact) mass is 178 g/mol. The van der Waals surface area contributed by atoms with Gasteiger partial charge in [0.1, 0.15) is 11.4 Å². The second-order valence-electron chi connectivity index (χ2n) is 3.50. The lowest BCUT2D eigenvalue weighted by atomic mass is 10.2. The molecular formula is C10H14N2O. The summed E-state index contributed by atoms with van der Waals surface area (Å²) in [6, 6.07) is 5.62. The van der Waals surface area contributed by atoms with Gasteiger partial charge < -0.3 is 14.9 Å². The van der Waals surface area contributed by atoms with E-state index < -0.39 is 0 Å². The molecular weight excluding hydrogens is 164 g/mol. The average Bonchev–Trinajstić information content (AvgIpc) is 2.33. The van der Waals surface area contributed by atoms with Gasteiger partial charge in [0.05, 0.1) is 11.9 Å². The number of hydrogen-bond donors (Lipinski definition) is 1. The standard InChI is InChI=1S/C10H14N2O/c1-7-11(2)8-5-4-6-9(13)10(8)12(7)3/h4-7,13H,1-3H3. The number of fused-ring (bicyclic) bond motifs is 1. The van der Waals surface area contributed by atoms with Crippen LogP contribution in [-0.4, -0.2) is 25.4 Å². The fraction of sp³-hybridized carbons (Fsp3) is 0.400. The number of aromatic hydroxyl groups is 1. The normalized spacial score (nSPS) is 20.7. The SMILES string of the molecule is CC1N(C)c2cccc(O)c2N1C. The Kier molecular flexibility index (Phi) is 1.62. The van der Waals surface area contributed by atoms with Gasteiger partial charge in [-0.2, -0.15) is 0 Å². The molecule has 13 heavy (non-hydrogen) atoms. The van der Waals surface area contributed by atoms with Crippen LogP contribution in [0.1, 0.15) is 6.92 Å². The van der Waals surface area contributed by atoms with Crippen LogP contribution >= 0.6 is 0 Å². The van der Waals surface area contributed by atoms with Gasteiger partial charge in [-0.15, -0.1) is 0 Å². The minimum Gasteiger partial charge on any atom is -0.506 e. The van der Waals surface area contributed by atoms with Crippen LogP contribution in [0.4, 0.5) is 11.4 Å². The maximum absolute atomic E-state index is 9.67. The topological polar surface area (TPSA) is 26.7 Å². The third-order valence-electron chi connectivity index (χ3n) is 2.85. The highest BCUT2D eigenvalue weighted by Crippen LogP contribution is 2.43. The summed E-state index contributed by atoms with van der Waals surface area (Å²) in [5.41, 5.74) is 2.02. The molecule has 3 heteroatoms. The lowest BCUT2D eigenvalue weighted by molar-refractivity contribution is 0.475. The number of rotatable bonds is 0. The lowest BCUT2D eigenvalue weighted by Gasteiger charge is -2.23. The zero-order valence-corrected chi connectivity index (χ0v) is 8.15. The maximum Gasteiger partial charge on any atom is 0.141 e. The molecule has 1 aromatic carbocycles. The maximum atomic E-state index is 9.67. The number of anilines is 2. The van der Waals surface area contributed by atoms with Crippen molar-refractivity contribution in [2.45, 2.75) is 13.1 Å². The quantitative estimate of drug-likeness (QED) is 0.654. The summed E-state index contributed by atoms with van der Waals surface area (Å²) in [5, 5.41) is 9.67. The van der Waals surface area contributed by atoms with E-state index in [1.165, 1.54) is 0 Å². The second kappa shape index (κ2) is 2.55. The van der Waals surface area contributed by atoms with Gasteiger partial charge in [0, 0.05) is 14.1 Å². The molecule has 1 unspecified atom stereocenters. The highest BCUT2D eigenvalue weighted by Gasteiger charge is 2.29. The molecule has 0 spiro atoms. The zero-order valence-electron chi connectivity index (χ0n) is 8.15. The van der Waals surface area contributed by atoms with Crippen molar-refractivity contribution in [1.29, 1.82) is 0 Å². The average molecular weight is 178 g/mol. The van der Waals surface area contributed by atoms with Crippen LogP contribution < -0.4 is 9.80 Å². The smallest absolute Gasteiger partial charge is 0.141 e. The number of para-hydroxylation sites is 1. The van der Waals surface area contributed by atoms with Crippen molar-refractivity contribution < 1.29 is 5.11 Å². The van der Waals surface area contributed by atoms with E-state index in [4.69, 9.17) is 0 Å². The molecule has 0 aliphatic carbocycles. The summed E-state index contributed by atoms with van der Waals surface area (Å²) in [6.45, 7) is 2.11. The van der Waals surface area contributed by atoms with E-state index in [0.717, 1.165) is 11.4 Å². The Balaban J connectivity index is 2.60. The number of phenolic OH excluding ortho intramolecular Hbond substituents is 1. The summed E-state index contributed by atoms with van der Waals surface area (Å²) < 4.78 is 0. The molecule has 1 aliphatic rings. The highest BCUT2D eigenvalue weighted by molar-refractivity contribution is 5.81. The first-order valence-electron chi connectivity index (χ1n) is 4.40. The highest BCUT2D eigenvalue weighted by atomic mass is 16.3. The Morgan fingerprint density at radius 1 is 1.23 bits per heavy atom. The molecule has 1 aliphatic heterocycles. The van der Waals surface area contributed by atoms with E-state index in [-0.39, 0.29) is 0 Å². The molecule has 0 amide bonds. The molecule has 0 radical (unpaired) electrons. The Hall–Kier alpha value is -1.38. The minimum atomic E-state index is 0.309. The van der Waals surface area contributed by atoms with E-state index in [0.29, 0.717) is 11.9 Å². The van der Waals surface area contributed by atoms with Gasteiger partial charge in [-0.1, -0.05) is 6.07 Å². The predicted octanol–water partition coefficient (Wildman–Crippen LogP) is 1.62. The Morgan fingerprint density at radius 2 is 1.92 bits per heavy atom. The van der Waals surface area contributed by atoms with Crippen LogP contribution in [-0.2, 0) is 0 Å². The molecule has 1 aromatic rings. The Labute approximate surface area is 78.2 Å². The van der Waals surface area contributed by atoms with Crippen molar-refractivity contribution in [2.75, 3.05) is 23.9 Å². The van der Waals surface area contributed by atoms with E-state index in [9.17, 15) is 5.11 Å². The molecule has 1 heterocycles. The van der Waals surface area contributed by atoms with Crippen LogP contribution in [0.2, 0.25) is 0 Å². The van der Waals surface area contributed by atoms with Crippen molar-refractivity contribution in [1.82, 2.24) is 0 Å². The molecule has 0 aromatic heterocycles. The second-order valence-corrected chi connectivity index (χ2v) is 3.50. The van der Waals surface area contributed by atoms with Gasteiger partial charge in [0.2, 0.25) is 0 Å². The molecule has 0 bridgehead atoms. The number of nitrogens with zero attached hydrogens (tertiary/aromatic N) is 2. The number of phenols is 1. The van der Waals surface area contributed by atoms with Crippen molar-refractivity contribution in [3.8, 4) is 5.75 Å². The zero-order chi connectivity index (χ0) is 9.59. The van der Waals surface area contributed by atoms with Crippen molar-refractivity contribution in [2.24, 2.45) is 0 Å². The number of hydrogen-bond acceptors (Lipinski definition) is 3. The van der Waals surface area contributed by atoms with E-state index in [2.05, 4.69) is 16.7 Å². The molecule has 0 fully saturated rings. The fourth-order valence-electron chi connectivity index (χ4n) is 1.81. The van der Waals surface area contributed by atoms with Gasteiger partial charge in [-0.3, -0.25) is 0 Å². The van der Waals surface area contributed by atoms with Crippen LogP contribution in [0.3, 0.4) is 0 Å². The van der Waals surface area contributed by atoms with Crippen LogP contribution in [0.25, 0.3) is 0 Å². The molecule has 2 rings (SSSR count). The van der Waals surface area contributed by atoms with Crippen molar-refractivity contribution in [3.05, 3.63) is 18.2 Å². The Morgan fingerprint density at radius 3 is 2.54 bits per heavy atom. The van der Waals surface area contributed by atoms with Crippen LogP contribution in [0, 0.1) is 0 Å². The third-order valence-corrected chi connectivity index (χ3v) is 2.85. The molecule has 1 atom stereocenters. The summed E-state index contributed by atoms with van der Waals surface area (Å²) in [7, 11) is 4.03. The van der Waals surface area contributed by atoms with E-state index >= 15 is 0 Å². The molecule has 70 valence electrons. The summed E-state index contributed by atoms with van der Waals surface area (Å²) in [5.74, 6) is 0.358. The lowest BCUT2D eigenvalue weighted by Crippen LogP contribution is -2.35. The largest absolute Gasteiger partial charge is 0.506 e. The minimum absolute atomic E-state index is 0.309. The van der Waals surface area contributed by atoms with Crippen LogP contribution in [0.15, 0.2) is 18.2 Å². The molecule has 0 saturated carbocycles.